The number of piperidine rings is 1. The molecule has 3 N–H and O–H groups in total. The fraction of sp³-hybridized carbons (Fsp3) is 0.467. The summed E-state index contributed by atoms with van der Waals surface area (Å²) in [5, 5.41) is 16.3. The predicted molar refractivity (Wildman–Crippen MR) is 153 cm³/mol. The fourth-order valence-corrected chi connectivity index (χ4v) is 4.84. The molecular formula is C30H36F2N6O4. The van der Waals surface area contributed by atoms with Crippen LogP contribution in [0.15, 0.2) is 48.8 Å². The molecule has 1 amide bonds. The molecule has 12 heteroatoms. The van der Waals surface area contributed by atoms with E-state index in [1.54, 1.807) is 31.4 Å². The van der Waals surface area contributed by atoms with E-state index >= 15 is 0 Å². The molecule has 2 heterocycles. The van der Waals surface area contributed by atoms with Crippen molar-refractivity contribution in [3.8, 4) is 22.9 Å². The zero-order valence-electron chi connectivity index (χ0n) is 23.5. The highest BCUT2D eigenvalue weighted by Gasteiger charge is 2.24. The Morgan fingerprint density at radius 1 is 1.07 bits per heavy atom. The number of ether oxygens (including phenoxy) is 2. The molecule has 2 aliphatic rings. The number of carbonyl (C=O) groups excluding carboxylic acids is 1. The number of rotatable bonds is 13. The zero-order chi connectivity index (χ0) is 29.5. The van der Waals surface area contributed by atoms with E-state index in [-0.39, 0.29) is 5.56 Å². The second-order valence-electron chi connectivity index (χ2n) is 10.7. The van der Waals surface area contributed by atoms with Crippen molar-refractivity contribution in [2.24, 2.45) is 11.8 Å². The number of amides is 1. The van der Waals surface area contributed by atoms with Crippen molar-refractivity contribution >= 4 is 11.9 Å². The van der Waals surface area contributed by atoms with Crippen LogP contribution in [0.4, 0.5) is 14.7 Å². The number of aromatic nitrogens is 3. The lowest BCUT2D eigenvalue weighted by molar-refractivity contribution is 0.0891. The highest BCUT2D eigenvalue weighted by molar-refractivity contribution is 5.95. The van der Waals surface area contributed by atoms with Gasteiger partial charge >= 0.3 is 0 Å². The van der Waals surface area contributed by atoms with Gasteiger partial charge in [-0.25, -0.2) is 18.7 Å². The summed E-state index contributed by atoms with van der Waals surface area (Å²) >= 11 is 0. The Morgan fingerprint density at radius 2 is 1.86 bits per heavy atom. The molecule has 3 aromatic rings. The predicted octanol–water partition coefficient (Wildman–Crippen LogP) is 3.83. The van der Waals surface area contributed by atoms with E-state index in [2.05, 4.69) is 30.5 Å². The number of hydrogen-bond donors (Lipinski definition) is 3. The van der Waals surface area contributed by atoms with E-state index in [9.17, 15) is 18.7 Å². The SMILES string of the molecule is COc1cc(OCC2CC2)cc(C(O)NCC2CCN(c3ncnc(-c4cccc(C(=O)NCC(F)F)c4)n3)CC2)c1. The lowest BCUT2D eigenvalue weighted by atomic mass is 9.97. The molecule has 0 radical (unpaired) electrons. The van der Waals surface area contributed by atoms with Crippen LogP contribution in [0.3, 0.4) is 0 Å². The number of alkyl halides is 2. The smallest absolute Gasteiger partial charge is 0.255 e. The number of benzene rings is 2. The van der Waals surface area contributed by atoms with Crippen LogP contribution in [0, 0.1) is 11.8 Å². The van der Waals surface area contributed by atoms with E-state index < -0.39 is 25.1 Å². The summed E-state index contributed by atoms with van der Waals surface area (Å²) < 4.78 is 36.2. The molecule has 1 aliphatic carbocycles. The number of hydrogen-bond acceptors (Lipinski definition) is 9. The number of anilines is 1. The Hall–Kier alpha value is -3.90. The van der Waals surface area contributed by atoms with Gasteiger partial charge in [-0.3, -0.25) is 10.1 Å². The van der Waals surface area contributed by atoms with Crippen molar-refractivity contribution in [1.29, 1.82) is 0 Å². The van der Waals surface area contributed by atoms with Crippen molar-refractivity contribution in [3.63, 3.8) is 0 Å². The minimum Gasteiger partial charge on any atom is -0.497 e. The fourth-order valence-electron chi connectivity index (χ4n) is 4.84. The van der Waals surface area contributed by atoms with Crippen LogP contribution in [0.2, 0.25) is 0 Å². The molecule has 224 valence electrons. The van der Waals surface area contributed by atoms with Gasteiger partial charge in [-0.1, -0.05) is 12.1 Å². The Kier molecular flexibility index (Phi) is 9.75. The number of carbonyl (C=O) groups is 1. The van der Waals surface area contributed by atoms with E-state index in [0.29, 0.717) is 59.4 Å². The molecule has 42 heavy (non-hydrogen) atoms. The third kappa shape index (κ3) is 8.10. The van der Waals surface area contributed by atoms with Crippen molar-refractivity contribution in [3.05, 3.63) is 59.9 Å². The first kappa shape index (κ1) is 29.6. The van der Waals surface area contributed by atoms with Gasteiger partial charge in [-0.15, -0.1) is 0 Å². The summed E-state index contributed by atoms with van der Waals surface area (Å²) in [5.74, 6) is 2.68. The lowest BCUT2D eigenvalue weighted by Gasteiger charge is -2.32. The van der Waals surface area contributed by atoms with Crippen LogP contribution in [0.25, 0.3) is 11.4 Å². The molecule has 10 nitrogen and oxygen atoms in total. The second kappa shape index (κ2) is 13.8. The van der Waals surface area contributed by atoms with Gasteiger partial charge in [0.25, 0.3) is 12.3 Å². The van der Waals surface area contributed by atoms with Gasteiger partial charge in [-0.2, -0.15) is 4.98 Å². The van der Waals surface area contributed by atoms with Crippen molar-refractivity contribution in [2.75, 3.05) is 44.8 Å². The number of halogens is 2. The molecule has 1 aliphatic heterocycles. The summed E-state index contributed by atoms with van der Waals surface area (Å²) in [6.45, 7) is 2.10. The molecule has 5 rings (SSSR count). The van der Waals surface area contributed by atoms with Crippen LogP contribution < -0.4 is 25.0 Å². The van der Waals surface area contributed by atoms with Crippen molar-refractivity contribution in [2.45, 2.75) is 38.3 Å². The monoisotopic (exact) mass is 582 g/mol. The Balaban J connectivity index is 1.14. The number of nitrogens with one attached hydrogen (secondary N) is 2. The van der Waals surface area contributed by atoms with Gasteiger partial charge in [0, 0.05) is 42.4 Å². The molecular weight excluding hydrogens is 546 g/mol. The van der Waals surface area contributed by atoms with E-state index in [1.807, 2.05) is 18.2 Å². The topological polar surface area (TPSA) is 122 Å². The van der Waals surface area contributed by atoms with Crippen LogP contribution in [-0.4, -0.2) is 72.3 Å². The highest BCUT2D eigenvalue weighted by atomic mass is 19.3. The van der Waals surface area contributed by atoms with E-state index in [0.717, 1.165) is 25.9 Å². The van der Waals surface area contributed by atoms with Crippen molar-refractivity contribution < 1.29 is 28.2 Å². The van der Waals surface area contributed by atoms with Crippen LogP contribution >= 0.6 is 0 Å². The average Bonchev–Trinajstić information content (AvgIpc) is 3.86. The molecule has 1 saturated heterocycles. The summed E-state index contributed by atoms with van der Waals surface area (Å²) in [7, 11) is 1.60. The molecule has 1 atom stereocenters. The average molecular weight is 583 g/mol. The molecule has 0 bridgehead atoms. The largest absolute Gasteiger partial charge is 0.497 e. The molecule has 1 aromatic heterocycles. The van der Waals surface area contributed by atoms with E-state index in [1.165, 1.54) is 19.2 Å². The number of aliphatic hydroxyl groups excluding tert-OH is 1. The first-order chi connectivity index (χ1) is 20.4. The lowest BCUT2D eigenvalue weighted by Crippen LogP contribution is -2.39. The molecule has 0 spiro atoms. The zero-order valence-corrected chi connectivity index (χ0v) is 23.5. The normalized spacial score (nSPS) is 16.4. The van der Waals surface area contributed by atoms with Crippen LogP contribution in [-0.2, 0) is 0 Å². The molecule has 2 fully saturated rings. The number of aliphatic hydroxyl groups is 1. The van der Waals surface area contributed by atoms with Gasteiger partial charge in [0.05, 0.1) is 20.3 Å². The van der Waals surface area contributed by atoms with Gasteiger partial charge < -0.3 is 24.8 Å². The summed E-state index contributed by atoms with van der Waals surface area (Å²) in [5.41, 5.74) is 1.54. The van der Waals surface area contributed by atoms with Crippen LogP contribution in [0.1, 0.15) is 47.8 Å². The van der Waals surface area contributed by atoms with Gasteiger partial charge in [0.1, 0.15) is 24.1 Å². The van der Waals surface area contributed by atoms with Gasteiger partial charge in [0.2, 0.25) is 5.95 Å². The molecule has 1 unspecified atom stereocenters. The minimum atomic E-state index is -2.62. The summed E-state index contributed by atoms with van der Waals surface area (Å²) in [6, 6.07) is 12.1. The first-order valence-electron chi connectivity index (χ1n) is 14.2. The third-order valence-electron chi connectivity index (χ3n) is 7.49. The quantitative estimate of drug-likeness (QED) is 0.258. The maximum Gasteiger partial charge on any atom is 0.255 e. The van der Waals surface area contributed by atoms with Gasteiger partial charge in [0.15, 0.2) is 5.82 Å². The minimum absolute atomic E-state index is 0.251. The summed E-state index contributed by atoms with van der Waals surface area (Å²) in [4.78, 5) is 27.5. The Bertz CT molecular complexity index is 1350. The maximum atomic E-state index is 12.5. The van der Waals surface area contributed by atoms with Gasteiger partial charge in [-0.05, 0) is 61.8 Å². The highest BCUT2D eigenvalue weighted by Crippen LogP contribution is 2.32. The first-order valence-corrected chi connectivity index (χ1v) is 14.2. The maximum absolute atomic E-state index is 12.5. The number of methoxy groups -OCH3 is 1. The van der Waals surface area contributed by atoms with Crippen LogP contribution in [0.5, 0.6) is 11.5 Å². The summed E-state index contributed by atoms with van der Waals surface area (Å²) in [6.07, 6.45) is 2.14. The Morgan fingerprint density at radius 3 is 2.60 bits per heavy atom. The molecule has 1 saturated carbocycles. The number of nitrogens with zero attached hydrogens (tertiary/aromatic N) is 4. The second-order valence-corrected chi connectivity index (χ2v) is 10.7. The molecule has 2 aromatic carbocycles. The standard InChI is InChI=1S/C30H36F2N6O4/c1-41-24-12-23(13-25(14-24)42-17-20-5-6-20)29(40)33-15-19-7-9-38(10-8-19)30-36-18-35-27(37-30)21-3-2-4-22(11-21)28(39)34-16-26(31)32/h2-4,11-14,18-20,26,29,33,40H,5-10,15-17H2,1H3,(H,34,39). The van der Waals surface area contributed by atoms with E-state index in [4.69, 9.17) is 9.47 Å². The Labute approximate surface area is 243 Å². The third-order valence-corrected chi connectivity index (χ3v) is 7.49. The van der Waals surface area contributed by atoms with Crippen molar-refractivity contribution in [1.82, 2.24) is 25.6 Å².